The van der Waals surface area contributed by atoms with Gasteiger partial charge in [-0.2, -0.15) is 0 Å². The third-order valence-electron chi connectivity index (χ3n) is 2.55. The van der Waals surface area contributed by atoms with Crippen molar-refractivity contribution in [1.82, 2.24) is 10.2 Å². The van der Waals surface area contributed by atoms with Crippen LogP contribution in [0.2, 0.25) is 0 Å². The average Bonchev–Trinajstić information content (AvgIpc) is 2.29. The average molecular weight is 239 g/mol. The van der Waals surface area contributed by atoms with Crippen molar-refractivity contribution in [2.24, 2.45) is 0 Å². The van der Waals surface area contributed by atoms with E-state index in [1.165, 1.54) is 12.1 Å². The van der Waals surface area contributed by atoms with Gasteiger partial charge in [0, 0.05) is 32.2 Å². The molecule has 1 aromatic rings. The summed E-state index contributed by atoms with van der Waals surface area (Å²) in [7, 11) is 3.51. The second-order valence-electron chi connectivity index (χ2n) is 4.00. The lowest BCUT2D eigenvalue weighted by Gasteiger charge is -2.17. The Morgan fingerprint density at radius 1 is 1.53 bits per heavy atom. The van der Waals surface area contributed by atoms with Gasteiger partial charge < -0.3 is 16.0 Å². The number of hydrogen-bond donors (Lipinski definition) is 2. The summed E-state index contributed by atoms with van der Waals surface area (Å²) in [5.41, 5.74) is 7.01. The SMILES string of the molecule is CNC(=O)CCN(C)Cc1ccc(F)cc1N. The summed E-state index contributed by atoms with van der Waals surface area (Å²) >= 11 is 0. The van der Waals surface area contributed by atoms with Crippen molar-refractivity contribution in [3.8, 4) is 0 Å². The van der Waals surface area contributed by atoms with Crippen molar-refractivity contribution in [2.75, 3.05) is 26.4 Å². The van der Waals surface area contributed by atoms with Crippen molar-refractivity contribution in [1.29, 1.82) is 0 Å². The molecule has 0 aliphatic heterocycles. The monoisotopic (exact) mass is 239 g/mol. The normalized spacial score (nSPS) is 10.6. The van der Waals surface area contributed by atoms with Gasteiger partial charge in [-0.15, -0.1) is 0 Å². The summed E-state index contributed by atoms with van der Waals surface area (Å²) in [6.45, 7) is 1.24. The summed E-state index contributed by atoms with van der Waals surface area (Å²) < 4.78 is 12.8. The second-order valence-corrected chi connectivity index (χ2v) is 4.00. The Kier molecular flexibility index (Phi) is 4.90. The predicted octanol–water partition coefficient (Wildman–Crippen LogP) is 0.976. The summed E-state index contributed by atoms with van der Waals surface area (Å²) in [4.78, 5) is 13.0. The van der Waals surface area contributed by atoms with Crippen LogP contribution in [0.15, 0.2) is 18.2 Å². The molecule has 5 heteroatoms. The minimum Gasteiger partial charge on any atom is -0.398 e. The van der Waals surface area contributed by atoms with Crippen molar-refractivity contribution < 1.29 is 9.18 Å². The van der Waals surface area contributed by atoms with Gasteiger partial charge in [0.25, 0.3) is 0 Å². The zero-order valence-electron chi connectivity index (χ0n) is 10.2. The highest BCUT2D eigenvalue weighted by atomic mass is 19.1. The quantitative estimate of drug-likeness (QED) is 0.753. The van der Waals surface area contributed by atoms with Crippen LogP contribution in [0.4, 0.5) is 10.1 Å². The molecule has 0 saturated heterocycles. The van der Waals surface area contributed by atoms with Gasteiger partial charge in [0.1, 0.15) is 5.82 Å². The maximum Gasteiger partial charge on any atom is 0.221 e. The van der Waals surface area contributed by atoms with E-state index in [-0.39, 0.29) is 11.7 Å². The Hall–Kier alpha value is -1.62. The number of nitrogens with zero attached hydrogens (tertiary/aromatic N) is 1. The van der Waals surface area contributed by atoms with Gasteiger partial charge in [-0.05, 0) is 24.7 Å². The second kappa shape index (κ2) is 6.20. The minimum atomic E-state index is -0.334. The van der Waals surface area contributed by atoms with Gasteiger partial charge in [-0.25, -0.2) is 4.39 Å². The topological polar surface area (TPSA) is 58.4 Å². The van der Waals surface area contributed by atoms with E-state index < -0.39 is 0 Å². The number of benzene rings is 1. The summed E-state index contributed by atoms with van der Waals surface area (Å²) in [6.07, 6.45) is 0.439. The molecule has 0 saturated carbocycles. The van der Waals surface area contributed by atoms with Crippen molar-refractivity contribution in [3.63, 3.8) is 0 Å². The van der Waals surface area contributed by atoms with Crippen molar-refractivity contribution in [3.05, 3.63) is 29.6 Å². The van der Waals surface area contributed by atoms with Gasteiger partial charge in [0.15, 0.2) is 0 Å². The molecule has 1 rings (SSSR count). The molecule has 3 N–H and O–H groups in total. The first-order valence-corrected chi connectivity index (χ1v) is 5.46. The predicted molar refractivity (Wildman–Crippen MR) is 65.8 cm³/mol. The maximum absolute atomic E-state index is 12.8. The lowest BCUT2D eigenvalue weighted by Crippen LogP contribution is -2.26. The first-order valence-electron chi connectivity index (χ1n) is 5.46. The first kappa shape index (κ1) is 13.4. The molecule has 0 aromatic heterocycles. The molecule has 4 nitrogen and oxygen atoms in total. The standard InChI is InChI=1S/C12H18FN3O/c1-15-12(17)5-6-16(2)8-9-3-4-10(13)7-11(9)14/h3-4,7H,5-6,8,14H2,1-2H3,(H,15,17). The van der Waals surface area contributed by atoms with E-state index in [4.69, 9.17) is 5.73 Å². The molecule has 0 atom stereocenters. The molecule has 1 amide bonds. The molecule has 17 heavy (non-hydrogen) atoms. The highest BCUT2D eigenvalue weighted by Crippen LogP contribution is 2.15. The van der Waals surface area contributed by atoms with E-state index in [2.05, 4.69) is 5.32 Å². The number of rotatable bonds is 5. The summed E-state index contributed by atoms with van der Waals surface area (Å²) in [5, 5.41) is 2.56. The molecule has 0 bridgehead atoms. The molecule has 0 aliphatic rings. The van der Waals surface area contributed by atoms with Crippen LogP contribution in [0.1, 0.15) is 12.0 Å². The van der Waals surface area contributed by atoms with E-state index in [1.54, 1.807) is 13.1 Å². The molecule has 0 unspecified atom stereocenters. The number of nitrogens with two attached hydrogens (primary N) is 1. The first-order chi connectivity index (χ1) is 8.02. The van der Waals surface area contributed by atoms with Gasteiger partial charge in [0.05, 0.1) is 0 Å². The largest absolute Gasteiger partial charge is 0.398 e. The Morgan fingerprint density at radius 3 is 2.82 bits per heavy atom. The van der Waals surface area contributed by atoms with E-state index in [0.717, 1.165) is 5.56 Å². The molecular weight excluding hydrogens is 221 g/mol. The number of carbonyl (C=O) groups is 1. The van der Waals surface area contributed by atoms with Crippen LogP contribution in [0.5, 0.6) is 0 Å². The van der Waals surface area contributed by atoms with Crippen LogP contribution in [0.3, 0.4) is 0 Å². The van der Waals surface area contributed by atoms with Crippen LogP contribution in [0, 0.1) is 5.82 Å². The van der Waals surface area contributed by atoms with E-state index in [1.807, 2.05) is 11.9 Å². The fourth-order valence-corrected chi connectivity index (χ4v) is 1.50. The van der Waals surface area contributed by atoms with Crippen LogP contribution in [-0.2, 0) is 11.3 Å². The lowest BCUT2D eigenvalue weighted by atomic mass is 10.1. The lowest BCUT2D eigenvalue weighted by molar-refractivity contribution is -0.120. The number of amides is 1. The number of hydrogen-bond acceptors (Lipinski definition) is 3. The van der Waals surface area contributed by atoms with Crippen LogP contribution in [0.25, 0.3) is 0 Å². The third-order valence-corrected chi connectivity index (χ3v) is 2.55. The van der Waals surface area contributed by atoms with Crippen LogP contribution >= 0.6 is 0 Å². The number of nitrogen functional groups attached to an aromatic ring is 1. The third kappa shape index (κ3) is 4.40. The van der Waals surface area contributed by atoms with Crippen LogP contribution in [-0.4, -0.2) is 31.4 Å². The molecular formula is C12H18FN3O. The molecule has 1 aromatic carbocycles. The van der Waals surface area contributed by atoms with Crippen molar-refractivity contribution >= 4 is 11.6 Å². The Morgan fingerprint density at radius 2 is 2.24 bits per heavy atom. The van der Waals surface area contributed by atoms with E-state index in [0.29, 0.717) is 25.2 Å². The highest BCUT2D eigenvalue weighted by molar-refractivity contribution is 5.75. The number of anilines is 1. The molecule has 0 aliphatic carbocycles. The molecule has 0 radical (unpaired) electrons. The smallest absolute Gasteiger partial charge is 0.221 e. The molecule has 94 valence electrons. The summed E-state index contributed by atoms with van der Waals surface area (Å²) in [5.74, 6) is -0.330. The Bertz CT molecular complexity index is 395. The fourth-order valence-electron chi connectivity index (χ4n) is 1.50. The van der Waals surface area contributed by atoms with E-state index >= 15 is 0 Å². The number of halogens is 1. The summed E-state index contributed by atoms with van der Waals surface area (Å²) in [6, 6.07) is 4.36. The van der Waals surface area contributed by atoms with Gasteiger partial charge in [0.2, 0.25) is 5.91 Å². The van der Waals surface area contributed by atoms with Gasteiger partial charge in [-0.1, -0.05) is 6.07 Å². The highest BCUT2D eigenvalue weighted by Gasteiger charge is 2.06. The van der Waals surface area contributed by atoms with Crippen molar-refractivity contribution in [2.45, 2.75) is 13.0 Å². The Balaban J connectivity index is 2.50. The van der Waals surface area contributed by atoms with Gasteiger partial charge >= 0.3 is 0 Å². The van der Waals surface area contributed by atoms with Crippen LogP contribution < -0.4 is 11.1 Å². The molecule has 0 spiro atoms. The zero-order chi connectivity index (χ0) is 12.8. The Labute approximate surface area is 101 Å². The van der Waals surface area contributed by atoms with E-state index in [9.17, 15) is 9.18 Å². The minimum absolute atomic E-state index is 0.00364. The molecule has 0 fully saturated rings. The fraction of sp³-hybridized carbons (Fsp3) is 0.417. The molecule has 0 heterocycles. The number of nitrogens with one attached hydrogen (secondary N) is 1. The number of carbonyl (C=O) groups excluding carboxylic acids is 1. The van der Waals surface area contributed by atoms with Gasteiger partial charge in [-0.3, -0.25) is 4.79 Å². The zero-order valence-corrected chi connectivity index (χ0v) is 10.2. The maximum atomic E-state index is 12.8.